The van der Waals surface area contributed by atoms with E-state index in [0.29, 0.717) is 5.56 Å². The number of hydrogen-bond donors (Lipinski definition) is 2. The molecule has 0 aliphatic rings. The van der Waals surface area contributed by atoms with Crippen LogP contribution in [-0.2, 0) is 20.9 Å². The monoisotopic (exact) mass is 329 g/mol. The van der Waals surface area contributed by atoms with Crippen molar-refractivity contribution in [3.8, 4) is 0 Å². The Morgan fingerprint density at radius 1 is 1.04 bits per heavy atom. The van der Waals surface area contributed by atoms with Crippen LogP contribution in [0.15, 0.2) is 60.7 Å². The van der Waals surface area contributed by atoms with Gasteiger partial charge < -0.3 is 19.9 Å². The topological polar surface area (TPSA) is 84.9 Å². The number of carboxylic acid groups (broad SMARTS) is 1. The lowest BCUT2D eigenvalue weighted by Crippen LogP contribution is -2.41. The van der Waals surface area contributed by atoms with E-state index in [1.54, 1.807) is 30.3 Å². The highest BCUT2D eigenvalue weighted by Gasteiger charge is 2.32. The maximum Gasteiger partial charge on any atom is 0.407 e. The highest BCUT2D eigenvalue weighted by molar-refractivity contribution is 5.76. The highest BCUT2D eigenvalue weighted by atomic mass is 16.5. The van der Waals surface area contributed by atoms with Gasteiger partial charge in [-0.3, -0.25) is 0 Å². The minimum absolute atomic E-state index is 0.115. The Hall–Kier alpha value is -2.86. The van der Waals surface area contributed by atoms with Gasteiger partial charge in [-0.1, -0.05) is 60.7 Å². The van der Waals surface area contributed by atoms with Gasteiger partial charge in [0.1, 0.15) is 0 Å². The van der Waals surface area contributed by atoms with Crippen molar-refractivity contribution in [2.75, 3.05) is 7.11 Å². The molecule has 0 unspecified atom stereocenters. The fraction of sp³-hybridized carbons (Fsp3) is 0.222. The number of methoxy groups -OCH3 is 1. The number of carbonyl (C=O) groups is 2. The highest BCUT2D eigenvalue weighted by Crippen LogP contribution is 2.21. The van der Waals surface area contributed by atoms with Crippen LogP contribution in [0.1, 0.15) is 17.2 Å². The van der Waals surface area contributed by atoms with Crippen LogP contribution in [0.4, 0.5) is 4.79 Å². The van der Waals surface area contributed by atoms with Gasteiger partial charge in [0.05, 0.1) is 19.8 Å². The van der Waals surface area contributed by atoms with E-state index < -0.39 is 24.2 Å². The fourth-order valence-electron chi connectivity index (χ4n) is 2.25. The van der Waals surface area contributed by atoms with Gasteiger partial charge >= 0.3 is 12.1 Å². The van der Waals surface area contributed by atoms with E-state index in [-0.39, 0.29) is 6.61 Å². The summed E-state index contributed by atoms with van der Waals surface area (Å²) in [7, 11) is 1.22. The van der Waals surface area contributed by atoms with Gasteiger partial charge in [-0.2, -0.15) is 0 Å². The zero-order chi connectivity index (χ0) is 17.4. The molecule has 0 aromatic heterocycles. The van der Waals surface area contributed by atoms with E-state index in [1.165, 1.54) is 7.11 Å². The maximum atomic E-state index is 11.7. The summed E-state index contributed by atoms with van der Waals surface area (Å²) >= 11 is 0. The molecule has 2 rings (SSSR count). The maximum absolute atomic E-state index is 11.7. The number of alkyl carbamates (subject to hydrolysis) is 1. The number of hydrogen-bond acceptors (Lipinski definition) is 4. The van der Waals surface area contributed by atoms with Crippen LogP contribution >= 0.6 is 0 Å². The molecule has 2 aromatic rings. The molecule has 1 amide bonds. The Bertz CT molecular complexity index is 660. The predicted octanol–water partition coefficient (Wildman–Crippen LogP) is 2.75. The first-order chi connectivity index (χ1) is 11.6. The molecule has 24 heavy (non-hydrogen) atoms. The number of ether oxygens (including phenoxy) is 2. The van der Waals surface area contributed by atoms with E-state index >= 15 is 0 Å². The number of rotatable bonds is 7. The number of carboxylic acids is 1. The third kappa shape index (κ3) is 4.82. The molecule has 6 nitrogen and oxygen atoms in total. The van der Waals surface area contributed by atoms with Crippen LogP contribution in [0.5, 0.6) is 0 Å². The Balaban J connectivity index is 2.21. The van der Waals surface area contributed by atoms with Gasteiger partial charge in [-0.15, -0.1) is 0 Å². The third-order valence-electron chi connectivity index (χ3n) is 3.44. The van der Waals surface area contributed by atoms with Gasteiger partial charge in [-0.05, 0) is 11.1 Å². The van der Waals surface area contributed by atoms with Gasteiger partial charge in [0.15, 0.2) is 6.10 Å². The summed E-state index contributed by atoms with van der Waals surface area (Å²) < 4.78 is 10.2. The van der Waals surface area contributed by atoms with Crippen molar-refractivity contribution in [3.05, 3.63) is 71.8 Å². The smallest absolute Gasteiger partial charge is 0.407 e. The third-order valence-corrected chi connectivity index (χ3v) is 3.44. The number of amides is 1. The normalized spacial score (nSPS) is 12.9. The molecule has 2 N–H and O–H groups in total. The molecule has 0 spiro atoms. The average molecular weight is 329 g/mol. The Morgan fingerprint density at radius 3 is 2.17 bits per heavy atom. The largest absolute Gasteiger partial charge is 0.479 e. The predicted molar refractivity (Wildman–Crippen MR) is 87.4 cm³/mol. The van der Waals surface area contributed by atoms with E-state index in [0.717, 1.165) is 5.56 Å². The van der Waals surface area contributed by atoms with E-state index in [4.69, 9.17) is 4.74 Å². The van der Waals surface area contributed by atoms with Gasteiger partial charge in [0, 0.05) is 0 Å². The van der Waals surface area contributed by atoms with Gasteiger partial charge in [0.2, 0.25) is 0 Å². The zero-order valence-electron chi connectivity index (χ0n) is 13.2. The van der Waals surface area contributed by atoms with Crippen molar-refractivity contribution in [2.24, 2.45) is 0 Å². The molecule has 0 fully saturated rings. The lowest BCUT2D eigenvalue weighted by Gasteiger charge is -2.25. The second-order valence-corrected chi connectivity index (χ2v) is 5.08. The summed E-state index contributed by atoms with van der Waals surface area (Å²) in [5.74, 6) is -1.17. The van der Waals surface area contributed by atoms with Crippen molar-refractivity contribution in [1.82, 2.24) is 5.32 Å². The van der Waals surface area contributed by atoms with Crippen LogP contribution in [0, 0.1) is 0 Å². The summed E-state index contributed by atoms with van der Waals surface area (Å²) in [4.78, 5) is 23.3. The quantitative estimate of drug-likeness (QED) is 0.816. The summed E-state index contributed by atoms with van der Waals surface area (Å²) in [6.45, 7) is 0.115. The molecule has 2 aromatic carbocycles. The van der Waals surface area contributed by atoms with Crippen LogP contribution in [0.25, 0.3) is 0 Å². The Labute approximate surface area is 140 Å². The molecule has 0 aliphatic heterocycles. The zero-order valence-corrected chi connectivity index (χ0v) is 13.2. The molecule has 2 atom stereocenters. The molecule has 0 bridgehead atoms. The number of carbonyl (C=O) groups excluding carboxylic acids is 1. The molecular weight excluding hydrogens is 310 g/mol. The number of benzene rings is 2. The standard InChI is InChI=1S/C18H19NO5/c1-23-18(22)19-15(14-10-6-3-7-11-14)16(17(20)21)24-12-13-8-4-2-5-9-13/h2-11,15-16H,12H2,1H3,(H,19,22)(H,20,21)/t15-,16+/m0/s1. The second kappa shape index (κ2) is 8.69. The number of nitrogens with one attached hydrogen (secondary N) is 1. The first-order valence-corrected chi connectivity index (χ1v) is 7.39. The summed E-state index contributed by atoms with van der Waals surface area (Å²) in [6.07, 6.45) is -1.98. The van der Waals surface area contributed by atoms with Crippen LogP contribution < -0.4 is 5.32 Å². The fourth-order valence-corrected chi connectivity index (χ4v) is 2.25. The van der Waals surface area contributed by atoms with Crippen LogP contribution in [0.2, 0.25) is 0 Å². The van der Waals surface area contributed by atoms with Gasteiger partial charge in [0.25, 0.3) is 0 Å². The van der Waals surface area contributed by atoms with E-state index in [1.807, 2.05) is 30.3 Å². The molecule has 0 saturated carbocycles. The van der Waals surface area contributed by atoms with Crippen molar-refractivity contribution in [1.29, 1.82) is 0 Å². The molecule has 126 valence electrons. The first-order valence-electron chi connectivity index (χ1n) is 7.39. The summed E-state index contributed by atoms with van der Waals surface area (Å²) in [5.41, 5.74) is 1.46. The van der Waals surface area contributed by atoms with Crippen LogP contribution in [0.3, 0.4) is 0 Å². The molecule has 0 saturated heterocycles. The Kier molecular flexibility index (Phi) is 6.33. The lowest BCUT2D eigenvalue weighted by molar-refractivity contribution is -0.153. The van der Waals surface area contributed by atoms with Crippen molar-refractivity contribution >= 4 is 12.1 Å². The van der Waals surface area contributed by atoms with Crippen LogP contribution in [-0.4, -0.2) is 30.4 Å². The SMILES string of the molecule is COC(=O)N[C@@H](c1ccccc1)[C@@H](OCc1ccccc1)C(=O)O. The van der Waals surface area contributed by atoms with Crippen molar-refractivity contribution < 1.29 is 24.2 Å². The average Bonchev–Trinajstić information content (AvgIpc) is 2.62. The molecule has 0 radical (unpaired) electrons. The number of aliphatic carboxylic acids is 1. The van der Waals surface area contributed by atoms with Gasteiger partial charge in [-0.25, -0.2) is 9.59 Å². The summed E-state index contributed by atoms with van der Waals surface area (Å²) in [6, 6.07) is 17.1. The van der Waals surface area contributed by atoms with Crippen molar-refractivity contribution in [3.63, 3.8) is 0 Å². The first kappa shape index (κ1) is 17.5. The second-order valence-electron chi connectivity index (χ2n) is 5.08. The minimum Gasteiger partial charge on any atom is -0.479 e. The molecule has 0 heterocycles. The summed E-state index contributed by atoms with van der Waals surface area (Å²) in [5, 5.41) is 12.1. The molecule has 0 aliphatic carbocycles. The molecule has 6 heteroatoms. The molecular formula is C18H19NO5. The van der Waals surface area contributed by atoms with E-state index in [2.05, 4.69) is 10.1 Å². The lowest BCUT2D eigenvalue weighted by atomic mass is 10.0. The van der Waals surface area contributed by atoms with Crippen molar-refractivity contribution in [2.45, 2.75) is 18.8 Å². The Morgan fingerprint density at radius 2 is 1.62 bits per heavy atom. The van der Waals surface area contributed by atoms with E-state index in [9.17, 15) is 14.7 Å². The minimum atomic E-state index is -1.26.